The van der Waals surface area contributed by atoms with Crippen LogP contribution in [0.15, 0.2) is 5.10 Å². The van der Waals surface area contributed by atoms with E-state index >= 15 is 0 Å². The van der Waals surface area contributed by atoms with Crippen LogP contribution in [0.3, 0.4) is 0 Å². The monoisotopic (exact) mass is 546 g/mol. The van der Waals surface area contributed by atoms with Crippen molar-refractivity contribution in [1.29, 1.82) is 0 Å². The first-order valence-electron chi connectivity index (χ1n) is 15.3. The highest BCUT2D eigenvalue weighted by atomic mass is 16.7. The molecule has 4 aliphatic rings. The van der Waals surface area contributed by atoms with E-state index in [-0.39, 0.29) is 23.7 Å². The van der Waals surface area contributed by atoms with Gasteiger partial charge in [-0.3, -0.25) is 9.59 Å². The van der Waals surface area contributed by atoms with Crippen molar-refractivity contribution in [3.63, 3.8) is 0 Å². The Labute approximate surface area is 234 Å². The van der Waals surface area contributed by atoms with Crippen LogP contribution >= 0.6 is 0 Å². The molecule has 0 aromatic heterocycles. The van der Waals surface area contributed by atoms with Gasteiger partial charge in [0, 0.05) is 25.7 Å². The minimum atomic E-state index is -1.23. The fourth-order valence-corrected chi connectivity index (χ4v) is 10.0. The van der Waals surface area contributed by atoms with Crippen LogP contribution in [0.5, 0.6) is 0 Å². The summed E-state index contributed by atoms with van der Waals surface area (Å²) in [6.45, 7) is 14.4. The van der Waals surface area contributed by atoms with E-state index in [0.29, 0.717) is 42.7 Å². The summed E-state index contributed by atoms with van der Waals surface area (Å²) >= 11 is 0. The van der Waals surface area contributed by atoms with E-state index in [1.165, 1.54) is 39.5 Å². The summed E-state index contributed by atoms with van der Waals surface area (Å²) in [6.07, 6.45) is 9.91. The molecule has 0 bridgehead atoms. The van der Waals surface area contributed by atoms with Crippen molar-refractivity contribution in [2.45, 2.75) is 131 Å². The van der Waals surface area contributed by atoms with Gasteiger partial charge in [0.2, 0.25) is 0 Å². The molecule has 0 aromatic rings. The van der Waals surface area contributed by atoms with Crippen LogP contribution in [0.4, 0.5) is 0 Å². The summed E-state index contributed by atoms with van der Waals surface area (Å²) in [5, 5.41) is 15.2. The molecule has 8 heteroatoms. The third kappa shape index (κ3) is 5.38. The highest BCUT2D eigenvalue weighted by Crippen LogP contribution is 2.69. The van der Waals surface area contributed by atoms with E-state index in [1.54, 1.807) is 0 Å². The number of rotatable bonds is 8. The van der Waals surface area contributed by atoms with Crippen molar-refractivity contribution in [3.05, 3.63) is 10.1 Å². The predicted molar refractivity (Wildman–Crippen MR) is 149 cm³/mol. The Morgan fingerprint density at radius 1 is 1.03 bits per heavy atom. The van der Waals surface area contributed by atoms with Crippen LogP contribution in [0, 0.1) is 56.5 Å². The zero-order valence-electron chi connectivity index (χ0n) is 25.2. The van der Waals surface area contributed by atoms with Gasteiger partial charge in [0.1, 0.15) is 11.8 Å². The second kappa shape index (κ2) is 11.1. The maximum absolute atomic E-state index is 12.5. The Hall–Kier alpha value is -1.99. The van der Waals surface area contributed by atoms with Gasteiger partial charge < -0.3 is 9.47 Å². The fraction of sp³-hybridized carbons (Fsp3) is 0.903. The summed E-state index contributed by atoms with van der Waals surface area (Å²) in [5.74, 6) is 2.22. The van der Waals surface area contributed by atoms with Crippen LogP contribution in [-0.4, -0.2) is 34.4 Å². The molecule has 0 unspecified atom stereocenters. The van der Waals surface area contributed by atoms with Gasteiger partial charge in [-0.1, -0.05) is 53.9 Å². The molecule has 0 radical (unpaired) electrons. The molecule has 9 atom stereocenters. The number of hydrogen-bond acceptors (Lipinski definition) is 6. The molecule has 4 saturated carbocycles. The maximum atomic E-state index is 12.5. The van der Waals surface area contributed by atoms with Gasteiger partial charge in [-0.15, -0.1) is 0 Å². The van der Waals surface area contributed by atoms with Crippen molar-refractivity contribution in [3.8, 4) is 0 Å². The number of hydrazone groups is 1. The predicted octanol–water partition coefficient (Wildman–Crippen LogP) is 6.97. The zero-order valence-corrected chi connectivity index (χ0v) is 25.2. The van der Waals surface area contributed by atoms with E-state index in [9.17, 15) is 19.7 Å². The molecule has 4 aliphatic carbocycles. The van der Waals surface area contributed by atoms with Gasteiger partial charge in [0.25, 0.3) is 0 Å². The Morgan fingerprint density at radius 3 is 2.36 bits per heavy atom. The van der Waals surface area contributed by atoms with Crippen LogP contribution in [-0.2, 0) is 19.1 Å². The van der Waals surface area contributed by atoms with E-state index in [4.69, 9.17) is 9.47 Å². The molecule has 0 saturated heterocycles. The number of nitrogens with zero attached hydrogens (tertiary/aromatic N) is 2. The topological polar surface area (TPSA) is 108 Å². The summed E-state index contributed by atoms with van der Waals surface area (Å²) in [7, 11) is 0. The molecule has 8 nitrogen and oxygen atoms in total. The normalized spacial score (nSPS) is 41.3. The lowest BCUT2D eigenvalue weighted by atomic mass is 9.42. The third-order valence-electron chi connectivity index (χ3n) is 11.6. The van der Waals surface area contributed by atoms with Gasteiger partial charge in [0.15, 0.2) is 10.6 Å². The lowest BCUT2D eigenvalue weighted by Gasteiger charge is -2.64. The SMILES string of the molecule is CC(=O)O[C@H]1CC[C@]2(C)[C@@H]3CC[C@]4(C)[C@@H]([C@H](C)CCCC(C)C)CC[C@H]4[C@H]3C/C(=N/[N+](=O)[O-])[C@@]2(OC(C)=O)C1. The lowest BCUT2D eigenvalue weighted by molar-refractivity contribution is -0.486. The second-order valence-corrected chi connectivity index (χ2v) is 14.2. The molecule has 0 aliphatic heterocycles. The lowest BCUT2D eigenvalue weighted by Crippen LogP contribution is -2.69. The first-order valence-corrected chi connectivity index (χ1v) is 15.3. The molecule has 0 N–H and O–H groups in total. The number of hydrogen-bond donors (Lipinski definition) is 0. The molecule has 0 amide bonds. The zero-order chi connectivity index (χ0) is 28.8. The Kier molecular flexibility index (Phi) is 8.55. The Bertz CT molecular complexity index is 996. The van der Waals surface area contributed by atoms with Gasteiger partial charge in [0.05, 0.1) is 5.10 Å². The number of ether oxygens (including phenoxy) is 2. The van der Waals surface area contributed by atoms with Crippen molar-refractivity contribution < 1.29 is 24.1 Å². The number of carbonyl (C=O) groups is 2. The third-order valence-corrected chi connectivity index (χ3v) is 11.6. The fourth-order valence-electron chi connectivity index (χ4n) is 10.0. The van der Waals surface area contributed by atoms with Crippen molar-refractivity contribution in [1.82, 2.24) is 0 Å². The van der Waals surface area contributed by atoms with Crippen molar-refractivity contribution in [2.75, 3.05) is 0 Å². The van der Waals surface area contributed by atoms with Gasteiger partial charge in [-0.05, 0) is 85.9 Å². The number of nitro groups is 1. The summed E-state index contributed by atoms with van der Waals surface area (Å²) in [6, 6.07) is 0. The molecular weight excluding hydrogens is 496 g/mol. The quantitative estimate of drug-likeness (QED) is 0.185. The molecular formula is C31H50N2O6. The average Bonchev–Trinajstić information content (AvgIpc) is 3.16. The number of esters is 2. The van der Waals surface area contributed by atoms with Crippen LogP contribution in [0.2, 0.25) is 0 Å². The second-order valence-electron chi connectivity index (χ2n) is 14.2. The molecule has 0 spiro atoms. The van der Waals surface area contributed by atoms with Gasteiger partial charge in [-0.2, -0.15) is 0 Å². The molecule has 220 valence electrons. The van der Waals surface area contributed by atoms with E-state index in [0.717, 1.165) is 25.2 Å². The molecule has 4 fully saturated rings. The first-order chi connectivity index (χ1) is 18.2. The largest absolute Gasteiger partial charge is 0.462 e. The molecule has 0 heterocycles. The summed E-state index contributed by atoms with van der Waals surface area (Å²) < 4.78 is 11.8. The van der Waals surface area contributed by atoms with E-state index in [2.05, 4.69) is 39.7 Å². The van der Waals surface area contributed by atoms with Crippen LogP contribution < -0.4 is 0 Å². The van der Waals surface area contributed by atoms with E-state index in [1.807, 2.05) is 0 Å². The smallest absolute Gasteiger partial charge is 0.303 e. The maximum Gasteiger partial charge on any atom is 0.303 e. The Balaban J connectivity index is 1.69. The minimum absolute atomic E-state index is 0.213. The van der Waals surface area contributed by atoms with Gasteiger partial charge in [-0.25, -0.2) is 10.1 Å². The molecule has 39 heavy (non-hydrogen) atoms. The first kappa shape index (κ1) is 30.0. The highest BCUT2D eigenvalue weighted by molar-refractivity contribution is 5.96. The van der Waals surface area contributed by atoms with Crippen LogP contribution in [0.25, 0.3) is 0 Å². The standard InChI is InChI=1S/C31H50N2O6/c1-19(2)9-8-10-20(3)25-11-12-26-24-17-28(32-33(36)37)31(39-22(5)35)18-23(38-21(4)34)13-16-30(31,7)27(24)14-15-29(25,26)6/h19-20,23-27H,8-18H2,1-7H3/b32-28-/t20-,23+,24-,25-,26+,27-,29-,30-,31+/m1/s1. The summed E-state index contributed by atoms with van der Waals surface area (Å²) in [4.78, 5) is 36.3. The number of fused-ring (bicyclic) bond motifs is 5. The average molecular weight is 547 g/mol. The minimum Gasteiger partial charge on any atom is -0.462 e. The molecule has 4 rings (SSSR count). The van der Waals surface area contributed by atoms with Crippen LogP contribution in [0.1, 0.15) is 119 Å². The van der Waals surface area contributed by atoms with Gasteiger partial charge >= 0.3 is 11.9 Å². The highest BCUT2D eigenvalue weighted by Gasteiger charge is 2.70. The Morgan fingerprint density at radius 2 is 1.74 bits per heavy atom. The summed E-state index contributed by atoms with van der Waals surface area (Å²) in [5.41, 5.74) is -1.16. The molecule has 0 aromatic carbocycles. The van der Waals surface area contributed by atoms with Crippen molar-refractivity contribution in [2.24, 2.45) is 51.4 Å². The number of carbonyl (C=O) groups excluding carboxylic acids is 2. The van der Waals surface area contributed by atoms with E-state index < -0.39 is 34.1 Å². The van der Waals surface area contributed by atoms with Crippen molar-refractivity contribution >= 4 is 17.7 Å².